The number of benzene rings is 1. The van der Waals surface area contributed by atoms with E-state index >= 15 is 0 Å². The fraction of sp³-hybridized carbons (Fsp3) is 0.667. The first kappa shape index (κ1) is 17.1. The number of hydrogen-bond donors (Lipinski definition) is 1. The lowest BCUT2D eigenvalue weighted by atomic mass is 9.65. The molecule has 1 aromatic rings. The van der Waals surface area contributed by atoms with Crippen molar-refractivity contribution in [1.82, 2.24) is 0 Å². The minimum atomic E-state index is -0.630. The molecule has 118 valence electrons. The molecule has 0 aliphatic heterocycles. The quantitative estimate of drug-likeness (QED) is 0.730. The molecule has 1 nitrogen and oxygen atoms in total. The first-order valence-corrected chi connectivity index (χ1v) is 8.68. The molecule has 1 aromatic carbocycles. The summed E-state index contributed by atoms with van der Waals surface area (Å²) in [5.41, 5.74) is 0.698. The minimum absolute atomic E-state index is 0.370. The largest absolute Gasteiger partial charge is 0.390 e. The molecule has 1 fully saturated rings. The van der Waals surface area contributed by atoms with Crippen LogP contribution in [0, 0.1) is 11.3 Å². The summed E-state index contributed by atoms with van der Waals surface area (Å²) in [5.74, 6) is 0.706. The first-order valence-electron chi connectivity index (χ1n) is 7.92. The van der Waals surface area contributed by atoms with Crippen LogP contribution in [0.2, 0.25) is 10.0 Å². The molecule has 0 heterocycles. The van der Waals surface area contributed by atoms with Crippen molar-refractivity contribution in [2.45, 2.75) is 64.9 Å². The van der Waals surface area contributed by atoms with Crippen LogP contribution in [-0.2, 0) is 6.42 Å². The van der Waals surface area contributed by atoms with Crippen LogP contribution in [-0.4, -0.2) is 10.7 Å². The second-order valence-corrected chi connectivity index (χ2v) is 8.10. The maximum Gasteiger partial charge on any atom is 0.0688 e. The minimum Gasteiger partial charge on any atom is -0.390 e. The van der Waals surface area contributed by atoms with Crippen molar-refractivity contribution in [2.24, 2.45) is 11.3 Å². The second kappa shape index (κ2) is 6.48. The summed E-state index contributed by atoms with van der Waals surface area (Å²) in [6.07, 6.45) is 5.68. The van der Waals surface area contributed by atoms with Crippen molar-refractivity contribution < 1.29 is 5.11 Å². The third kappa shape index (κ3) is 4.15. The molecule has 1 aliphatic rings. The highest BCUT2D eigenvalue weighted by atomic mass is 35.5. The Balaban J connectivity index is 2.04. The van der Waals surface area contributed by atoms with Gasteiger partial charge in [0.1, 0.15) is 0 Å². The summed E-state index contributed by atoms with van der Waals surface area (Å²) in [5, 5.41) is 12.3. The zero-order valence-corrected chi connectivity index (χ0v) is 14.8. The molecule has 1 N–H and O–H groups in total. The zero-order chi connectivity index (χ0) is 15.7. The summed E-state index contributed by atoms with van der Waals surface area (Å²) in [6.45, 7) is 6.94. The third-order valence-electron chi connectivity index (χ3n) is 5.46. The van der Waals surface area contributed by atoms with Crippen LogP contribution in [0.4, 0.5) is 0 Å². The van der Waals surface area contributed by atoms with Gasteiger partial charge in [0.25, 0.3) is 0 Å². The van der Waals surface area contributed by atoms with Crippen LogP contribution in [0.15, 0.2) is 18.2 Å². The van der Waals surface area contributed by atoms with Gasteiger partial charge in [-0.15, -0.1) is 0 Å². The molecular formula is C18H26Cl2O. The monoisotopic (exact) mass is 328 g/mol. The lowest BCUT2D eigenvalue weighted by Crippen LogP contribution is -2.39. The normalized spacial score (nSPS) is 26.9. The number of hydrogen-bond acceptors (Lipinski definition) is 1. The van der Waals surface area contributed by atoms with E-state index in [4.69, 9.17) is 23.2 Å². The van der Waals surface area contributed by atoms with Crippen LogP contribution >= 0.6 is 23.2 Å². The van der Waals surface area contributed by atoms with E-state index in [9.17, 15) is 5.11 Å². The summed E-state index contributed by atoms with van der Waals surface area (Å²) in [4.78, 5) is 0. The van der Waals surface area contributed by atoms with Crippen LogP contribution < -0.4 is 0 Å². The highest BCUT2D eigenvalue weighted by Crippen LogP contribution is 2.44. The van der Waals surface area contributed by atoms with Gasteiger partial charge < -0.3 is 5.11 Å². The molecule has 1 saturated carbocycles. The first-order chi connectivity index (χ1) is 9.76. The molecule has 1 aliphatic carbocycles. The summed E-state index contributed by atoms with van der Waals surface area (Å²) in [6, 6.07) is 5.48. The average molecular weight is 329 g/mol. The Kier molecular flexibility index (Phi) is 5.28. The van der Waals surface area contributed by atoms with Gasteiger partial charge in [-0.05, 0) is 60.8 Å². The molecule has 0 radical (unpaired) electrons. The number of aliphatic hydroxyl groups is 1. The van der Waals surface area contributed by atoms with Crippen LogP contribution in [0.5, 0.6) is 0 Å². The molecule has 0 amide bonds. The lowest BCUT2D eigenvalue weighted by Gasteiger charge is -2.42. The Hall–Kier alpha value is -0.240. The van der Waals surface area contributed by atoms with Crippen molar-refractivity contribution >= 4 is 23.2 Å². The van der Waals surface area contributed by atoms with Gasteiger partial charge in [0.2, 0.25) is 0 Å². The molecule has 0 unspecified atom stereocenters. The smallest absolute Gasteiger partial charge is 0.0688 e. The van der Waals surface area contributed by atoms with Crippen LogP contribution in [0.25, 0.3) is 0 Å². The Morgan fingerprint density at radius 2 is 1.86 bits per heavy atom. The standard InChI is InChI=1S/C18H26Cl2O/c1-4-17(2,3)14-7-9-18(21,10-8-14)12-13-11-15(19)5-6-16(13)20/h5-6,11,14,21H,4,7-10,12H2,1-3H3. The van der Waals surface area contributed by atoms with Crippen molar-refractivity contribution in [2.75, 3.05) is 0 Å². The molecule has 0 atom stereocenters. The van der Waals surface area contributed by atoms with Gasteiger partial charge >= 0.3 is 0 Å². The van der Waals surface area contributed by atoms with Gasteiger partial charge in [-0.2, -0.15) is 0 Å². The summed E-state index contributed by atoms with van der Waals surface area (Å²) >= 11 is 12.3. The Morgan fingerprint density at radius 1 is 1.24 bits per heavy atom. The number of halogens is 2. The van der Waals surface area contributed by atoms with E-state index in [1.807, 2.05) is 12.1 Å². The highest BCUT2D eigenvalue weighted by molar-refractivity contribution is 6.33. The predicted octanol–water partition coefficient (Wildman–Crippen LogP) is 5.89. The van der Waals surface area contributed by atoms with E-state index in [1.54, 1.807) is 6.07 Å². The van der Waals surface area contributed by atoms with E-state index in [2.05, 4.69) is 20.8 Å². The fourth-order valence-electron chi connectivity index (χ4n) is 3.44. The van der Waals surface area contributed by atoms with Gasteiger partial charge in [0.05, 0.1) is 5.60 Å². The highest BCUT2D eigenvalue weighted by Gasteiger charge is 2.38. The molecule has 0 bridgehead atoms. The SMILES string of the molecule is CCC(C)(C)C1CCC(O)(Cc2cc(Cl)ccc2Cl)CC1. The lowest BCUT2D eigenvalue weighted by molar-refractivity contribution is -0.0276. The maximum absolute atomic E-state index is 10.9. The van der Waals surface area contributed by atoms with Crippen molar-refractivity contribution in [3.8, 4) is 0 Å². The van der Waals surface area contributed by atoms with Gasteiger partial charge in [0.15, 0.2) is 0 Å². The maximum atomic E-state index is 10.9. The molecule has 0 aromatic heterocycles. The summed E-state index contributed by atoms with van der Waals surface area (Å²) in [7, 11) is 0. The Bertz CT molecular complexity index is 488. The van der Waals surface area contributed by atoms with Crippen molar-refractivity contribution in [1.29, 1.82) is 0 Å². The van der Waals surface area contributed by atoms with Gasteiger partial charge in [-0.1, -0.05) is 50.4 Å². The number of rotatable bonds is 4. The molecule has 3 heteroatoms. The molecule has 0 saturated heterocycles. The van der Waals surface area contributed by atoms with Crippen molar-refractivity contribution in [3.63, 3.8) is 0 Å². The van der Waals surface area contributed by atoms with E-state index in [0.29, 0.717) is 27.8 Å². The van der Waals surface area contributed by atoms with Crippen molar-refractivity contribution in [3.05, 3.63) is 33.8 Å². The fourth-order valence-corrected chi connectivity index (χ4v) is 3.81. The van der Waals surface area contributed by atoms with Gasteiger partial charge in [-0.25, -0.2) is 0 Å². The van der Waals surface area contributed by atoms with Gasteiger partial charge in [-0.3, -0.25) is 0 Å². The zero-order valence-electron chi connectivity index (χ0n) is 13.3. The van der Waals surface area contributed by atoms with Crippen LogP contribution in [0.1, 0.15) is 58.4 Å². The Morgan fingerprint density at radius 3 is 2.43 bits per heavy atom. The third-order valence-corrected chi connectivity index (χ3v) is 6.06. The summed E-state index contributed by atoms with van der Waals surface area (Å²) < 4.78 is 0. The van der Waals surface area contributed by atoms with E-state index in [0.717, 1.165) is 31.2 Å². The second-order valence-electron chi connectivity index (χ2n) is 7.25. The molecular weight excluding hydrogens is 303 g/mol. The Labute approximate surface area is 138 Å². The van der Waals surface area contributed by atoms with Crippen LogP contribution in [0.3, 0.4) is 0 Å². The molecule has 21 heavy (non-hydrogen) atoms. The molecule has 0 spiro atoms. The average Bonchev–Trinajstić information content (AvgIpc) is 2.43. The van der Waals surface area contributed by atoms with E-state index < -0.39 is 5.60 Å². The predicted molar refractivity (Wildman–Crippen MR) is 91.1 cm³/mol. The van der Waals surface area contributed by atoms with E-state index in [-0.39, 0.29) is 0 Å². The molecule has 2 rings (SSSR count). The van der Waals surface area contributed by atoms with E-state index in [1.165, 1.54) is 6.42 Å². The van der Waals surface area contributed by atoms with Gasteiger partial charge in [0, 0.05) is 16.5 Å². The topological polar surface area (TPSA) is 20.2 Å².